The normalized spacial score (nSPS) is 11.0. The molecule has 0 aliphatic carbocycles. The van der Waals surface area contributed by atoms with E-state index >= 15 is 0 Å². The first-order valence-electron chi connectivity index (χ1n) is 7.44. The van der Waals surface area contributed by atoms with E-state index in [-0.39, 0.29) is 5.91 Å². The van der Waals surface area contributed by atoms with Crippen LogP contribution >= 0.6 is 11.3 Å². The van der Waals surface area contributed by atoms with Crippen molar-refractivity contribution in [1.82, 2.24) is 20.4 Å². The number of carbonyl (C=O) groups excluding carboxylic acids is 1. The fourth-order valence-electron chi connectivity index (χ4n) is 2.43. The van der Waals surface area contributed by atoms with Crippen LogP contribution in [0.2, 0.25) is 0 Å². The smallest absolute Gasteiger partial charge is 0.274 e. The molecule has 0 unspecified atom stereocenters. The van der Waals surface area contributed by atoms with E-state index in [4.69, 9.17) is 4.52 Å². The number of aromatic nitrogens is 3. The maximum atomic E-state index is 11.0. The summed E-state index contributed by atoms with van der Waals surface area (Å²) in [6.45, 7) is 2.01. The van der Waals surface area contributed by atoms with Gasteiger partial charge in [0.2, 0.25) is 11.7 Å². The number of aromatic amines is 1. The molecule has 4 aromatic rings. The average molecular weight is 338 g/mol. The summed E-state index contributed by atoms with van der Waals surface area (Å²) in [5, 5.41) is 7.93. The van der Waals surface area contributed by atoms with E-state index in [1.807, 2.05) is 42.5 Å². The number of benzene rings is 1. The molecule has 0 aliphatic heterocycles. The van der Waals surface area contributed by atoms with Crippen LogP contribution in [0.5, 0.6) is 0 Å². The van der Waals surface area contributed by atoms with E-state index in [1.165, 1.54) is 18.3 Å². The van der Waals surface area contributed by atoms with Gasteiger partial charge in [-0.3, -0.25) is 4.79 Å². The van der Waals surface area contributed by atoms with Crippen LogP contribution in [0.4, 0.5) is 0 Å². The Morgan fingerprint density at radius 2 is 2.17 bits per heavy atom. The highest BCUT2D eigenvalue weighted by Gasteiger charge is 2.14. The molecule has 0 radical (unpaired) electrons. The Bertz CT molecular complexity index is 981. The van der Waals surface area contributed by atoms with Crippen LogP contribution in [-0.4, -0.2) is 21.0 Å². The minimum atomic E-state index is -0.0504. The van der Waals surface area contributed by atoms with Gasteiger partial charge in [0.05, 0.1) is 11.4 Å². The summed E-state index contributed by atoms with van der Waals surface area (Å²) in [6, 6.07) is 13.9. The van der Waals surface area contributed by atoms with Gasteiger partial charge in [-0.2, -0.15) is 4.98 Å². The van der Waals surface area contributed by atoms with Gasteiger partial charge in [0.1, 0.15) is 5.69 Å². The van der Waals surface area contributed by atoms with Crippen molar-refractivity contribution in [3.63, 3.8) is 0 Å². The minimum absolute atomic E-state index is 0.0504. The fourth-order valence-corrected chi connectivity index (χ4v) is 3.30. The molecule has 7 heteroatoms. The Labute approximate surface area is 141 Å². The second-order valence-corrected chi connectivity index (χ2v) is 6.54. The van der Waals surface area contributed by atoms with Crippen LogP contribution in [0.1, 0.15) is 11.8 Å². The zero-order chi connectivity index (χ0) is 16.5. The molecular formula is C17H14N4O2S. The molecule has 3 heterocycles. The number of nitrogens with one attached hydrogen (secondary N) is 2. The van der Waals surface area contributed by atoms with Crippen LogP contribution in [0.25, 0.3) is 33.2 Å². The van der Waals surface area contributed by atoms with Crippen LogP contribution in [-0.2, 0) is 11.3 Å². The molecular weight excluding hydrogens is 324 g/mol. The molecule has 6 nitrogen and oxygen atoms in total. The summed E-state index contributed by atoms with van der Waals surface area (Å²) in [4.78, 5) is 20.7. The lowest BCUT2D eigenvalue weighted by Crippen LogP contribution is -2.17. The van der Waals surface area contributed by atoms with Gasteiger partial charge in [-0.25, -0.2) is 0 Å². The fraction of sp³-hybridized carbons (Fsp3) is 0.118. The predicted octanol–water partition coefficient (Wildman–Crippen LogP) is 3.58. The number of amides is 1. The number of H-pyrrole nitrogens is 1. The van der Waals surface area contributed by atoms with Crippen molar-refractivity contribution in [2.75, 3.05) is 0 Å². The maximum absolute atomic E-state index is 11.0. The quantitative estimate of drug-likeness (QED) is 0.596. The Morgan fingerprint density at radius 3 is 3.00 bits per heavy atom. The number of fused-ring (bicyclic) bond motifs is 1. The Balaban J connectivity index is 1.59. The standard InChI is InChI=1S/C17H14N4O2S/c1-10(22)18-9-12-6-7-15(24-12)16-20-17(23-21-16)14-8-11-4-2-3-5-13(11)19-14/h2-8,19H,9H2,1H3,(H,18,22). The second kappa shape index (κ2) is 5.93. The zero-order valence-corrected chi connectivity index (χ0v) is 13.7. The lowest BCUT2D eigenvalue weighted by Gasteiger charge is -1.96. The highest BCUT2D eigenvalue weighted by atomic mass is 32.1. The van der Waals surface area contributed by atoms with Gasteiger partial charge >= 0.3 is 0 Å². The average Bonchev–Trinajstić information content (AvgIpc) is 3.29. The van der Waals surface area contributed by atoms with Crippen molar-refractivity contribution in [1.29, 1.82) is 0 Å². The highest BCUT2D eigenvalue weighted by Crippen LogP contribution is 2.29. The summed E-state index contributed by atoms with van der Waals surface area (Å²) in [6.07, 6.45) is 0. The number of hydrogen-bond donors (Lipinski definition) is 2. The molecule has 2 N–H and O–H groups in total. The number of nitrogens with zero attached hydrogens (tertiary/aromatic N) is 2. The van der Waals surface area contributed by atoms with Gasteiger partial charge in [0.15, 0.2) is 0 Å². The van der Waals surface area contributed by atoms with Crippen LogP contribution < -0.4 is 5.32 Å². The highest BCUT2D eigenvalue weighted by molar-refractivity contribution is 7.15. The van der Waals surface area contributed by atoms with Gasteiger partial charge < -0.3 is 14.8 Å². The van der Waals surface area contributed by atoms with Crippen LogP contribution in [0.15, 0.2) is 47.0 Å². The van der Waals surface area contributed by atoms with E-state index in [1.54, 1.807) is 0 Å². The Hall–Kier alpha value is -2.93. The van der Waals surface area contributed by atoms with Gasteiger partial charge in [0.25, 0.3) is 5.89 Å². The summed E-state index contributed by atoms with van der Waals surface area (Å²) in [5.41, 5.74) is 1.82. The first-order valence-corrected chi connectivity index (χ1v) is 8.26. The number of carbonyl (C=O) groups is 1. The first kappa shape index (κ1) is 14.6. The maximum Gasteiger partial charge on any atom is 0.274 e. The first-order chi connectivity index (χ1) is 11.7. The summed E-state index contributed by atoms with van der Waals surface area (Å²) in [7, 11) is 0. The van der Waals surface area contributed by atoms with E-state index in [0.717, 1.165) is 26.4 Å². The summed E-state index contributed by atoms with van der Waals surface area (Å²) < 4.78 is 5.39. The summed E-state index contributed by atoms with van der Waals surface area (Å²) in [5.74, 6) is 0.950. The third-order valence-corrected chi connectivity index (χ3v) is 4.66. The number of hydrogen-bond acceptors (Lipinski definition) is 5. The van der Waals surface area contributed by atoms with E-state index in [2.05, 4.69) is 20.4 Å². The van der Waals surface area contributed by atoms with Gasteiger partial charge in [-0.1, -0.05) is 23.4 Å². The molecule has 4 rings (SSSR count). The lowest BCUT2D eigenvalue weighted by atomic mass is 10.2. The SMILES string of the molecule is CC(=O)NCc1ccc(-c2noc(-c3cc4ccccc4[nH]3)n2)s1. The van der Waals surface area contributed by atoms with E-state index < -0.39 is 0 Å². The van der Waals surface area contributed by atoms with E-state index in [9.17, 15) is 4.79 Å². The molecule has 0 atom stereocenters. The zero-order valence-electron chi connectivity index (χ0n) is 12.9. The molecule has 0 bridgehead atoms. The number of rotatable bonds is 4. The van der Waals surface area contributed by atoms with Gasteiger partial charge in [-0.15, -0.1) is 11.3 Å². The molecule has 120 valence electrons. The van der Waals surface area contributed by atoms with Crippen molar-refractivity contribution < 1.29 is 9.32 Å². The van der Waals surface area contributed by atoms with Crippen LogP contribution in [0, 0.1) is 0 Å². The predicted molar refractivity (Wildman–Crippen MR) is 92.4 cm³/mol. The summed E-state index contributed by atoms with van der Waals surface area (Å²) >= 11 is 1.53. The van der Waals surface area contributed by atoms with Crippen molar-refractivity contribution in [3.8, 4) is 22.3 Å². The molecule has 0 spiro atoms. The Morgan fingerprint density at radius 1 is 1.29 bits per heavy atom. The molecule has 0 aliphatic rings. The molecule has 0 saturated carbocycles. The molecule has 0 fully saturated rings. The van der Waals surface area contributed by atoms with Gasteiger partial charge in [0, 0.05) is 22.7 Å². The molecule has 1 amide bonds. The lowest BCUT2D eigenvalue weighted by molar-refractivity contribution is -0.119. The molecule has 0 saturated heterocycles. The molecule has 1 aromatic carbocycles. The van der Waals surface area contributed by atoms with Crippen LogP contribution in [0.3, 0.4) is 0 Å². The largest absolute Gasteiger partial charge is 0.351 e. The third-order valence-electron chi connectivity index (χ3n) is 3.58. The third kappa shape index (κ3) is 2.81. The second-order valence-electron chi connectivity index (χ2n) is 5.37. The monoisotopic (exact) mass is 338 g/mol. The Kier molecular flexibility index (Phi) is 3.62. The van der Waals surface area contributed by atoms with Crippen molar-refractivity contribution >= 4 is 28.1 Å². The number of para-hydroxylation sites is 1. The minimum Gasteiger partial charge on any atom is -0.351 e. The van der Waals surface area contributed by atoms with Crippen molar-refractivity contribution in [3.05, 3.63) is 47.3 Å². The topological polar surface area (TPSA) is 83.8 Å². The van der Waals surface area contributed by atoms with E-state index in [0.29, 0.717) is 18.3 Å². The van der Waals surface area contributed by atoms with Crippen molar-refractivity contribution in [2.24, 2.45) is 0 Å². The molecule has 3 aromatic heterocycles. The number of thiophene rings is 1. The van der Waals surface area contributed by atoms with Crippen molar-refractivity contribution in [2.45, 2.75) is 13.5 Å². The van der Waals surface area contributed by atoms with Gasteiger partial charge in [-0.05, 0) is 24.3 Å². The molecule has 24 heavy (non-hydrogen) atoms.